The lowest BCUT2D eigenvalue weighted by atomic mass is 10.3. The van der Waals surface area contributed by atoms with E-state index in [2.05, 4.69) is 30.3 Å². The summed E-state index contributed by atoms with van der Waals surface area (Å²) in [7, 11) is 0. The smallest absolute Gasteiger partial charge is 0.387 e. The monoisotopic (exact) mass is 315 g/mol. The molecule has 0 aliphatic heterocycles. The first-order chi connectivity index (χ1) is 10.1. The third kappa shape index (κ3) is 4.38. The third-order valence-corrected chi connectivity index (χ3v) is 2.46. The van der Waals surface area contributed by atoms with Crippen molar-refractivity contribution in [3.8, 4) is 5.75 Å². The fourth-order valence-corrected chi connectivity index (χ4v) is 1.69. The lowest BCUT2D eigenvalue weighted by Gasteiger charge is -2.12. The third-order valence-electron chi connectivity index (χ3n) is 2.29. The second-order valence-electron chi connectivity index (χ2n) is 3.78. The van der Waals surface area contributed by atoms with Crippen LogP contribution < -0.4 is 15.4 Å². The number of nitrogens with zero attached hydrogens (tertiary/aromatic N) is 3. The maximum Gasteiger partial charge on any atom is 0.387 e. The van der Waals surface area contributed by atoms with Gasteiger partial charge >= 0.3 is 6.61 Å². The number of nitrogens with one attached hydrogen (secondary N) is 2. The number of aromatic nitrogens is 3. The highest BCUT2D eigenvalue weighted by molar-refractivity contribution is 6.28. The van der Waals surface area contributed by atoms with Gasteiger partial charge in [0, 0.05) is 6.54 Å². The molecule has 0 amide bonds. The highest BCUT2D eigenvalue weighted by Crippen LogP contribution is 2.27. The first-order valence-electron chi connectivity index (χ1n) is 6.04. The van der Waals surface area contributed by atoms with Crippen LogP contribution in [0.15, 0.2) is 24.3 Å². The molecule has 9 heteroatoms. The molecule has 6 nitrogen and oxygen atoms in total. The molecule has 0 spiro atoms. The number of ether oxygens (including phenoxy) is 1. The molecule has 0 aliphatic carbocycles. The van der Waals surface area contributed by atoms with E-state index >= 15 is 0 Å². The Bertz CT molecular complexity index is 614. The molecule has 2 rings (SSSR count). The molecule has 2 aromatic rings. The topological polar surface area (TPSA) is 72.0 Å². The molecule has 1 heterocycles. The summed E-state index contributed by atoms with van der Waals surface area (Å²) in [6.07, 6.45) is 0. The minimum atomic E-state index is -2.92. The van der Waals surface area contributed by atoms with Crippen LogP contribution in [0.3, 0.4) is 0 Å². The molecule has 0 fully saturated rings. The van der Waals surface area contributed by atoms with Crippen LogP contribution in [0, 0.1) is 0 Å². The van der Waals surface area contributed by atoms with Gasteiger partial charge in [0.25, 0.3) is 0 Å². The molecule has 0 saturated carbocycles. The molecule has 1 aromatic carbocycles. The van der Waals surface area contributed by atoms with Crippen LogP contribution >= 0.6 is 11.6 Å². The van der Waals surface area contributed by atoms with Crippen molar-refractivity contribution in [2.75, 3.05) is 17.2 Å². The van der Waals surface area contributed by atoms with Crippen LogP contribution in [-0.2, 0) is 0 Å². The molecule has 2 N–H and O–H groups in total. The second kappa shape index (κ2) is 6.98. The summed E-state index contributed by atoms with van der Waals surface area (Å²) in [5.74, 6) is 0.387. The van der Waals surface area contributed by atoms with E-state index in [9.17, 15) is 8.78 Å². The number of alkyl halides is 2. The van der Waals surface area contributed by atoms with Gasteiger partial charge in [-0.15, -0.1) is 0 Å². The van der Waals surface area contributed by atoms with Crippen LogP contribution in [-0.4, -0.2) is 28.1 Å². The molecule has 0 unspecified atom stereocenters. The Labute approximate surface area is 124 Å². The number of halogens is 3. The Balaban J connectivity index is 2.25. The van der Waals surface area contributed by atoms with E-state index in [-0.39, 0.29) is 22.9 Å². The zero-order valence-electron chi connectivity index (χ0n) is 11.0. The van der Waals surface area contributed by atoms with Crippen LogP contribution in [0.4, 0.5) is 26.4 Å². The number of anilines is 3. The Morgan fingerprint density at radius 1 is 1.19 bits per heavy atom. The lowest BCUT2D eigenvalue weighted by Crippen LogP contribution is -2.08. The van der Waals surface area contributed by atoms with Gasteiger partial charge in [-0.25, -0.2) is 0 Å². The molecule has 0 aliphatic rings. The van der Waals surface area contributed by atoms with Crippen molar-refractivity contribution in [3.63, 3.8) is 0 Å². The van der Waals surface area contributed by atoms with Crippen molar-refractivity contribution in [1.29, 1.82) is 0 Å². The van der Waals surface area contributed by atoms with Gasteiger partial charge in [-0.05, 0) is 30.7 Å². The van der Waals surface area contributed by atoms with Gasteiger partial charge in [0.2, 0.25) is 17.2 Å². The van der Waals surface area contributed by atoms with Gasteiger partial charge in [-0.1, -0.05) is 12.1 Å². The summed E-state index contributed by atoms with van der Waals surface area (Å²) in [5.41, 5.74) is 0.294. The fraction of sp³-hybridized carbons (Fsp3) is 0.250. The van der Waals surface area contributed by atoms with Gasteiger partial charge in [-0.2, -0.15) is 23.7 Å². The summed E-state index contributed by atoms with van der Waals surface area (Å²) in [6.45, 7) is -0.450. The minimum absolute atomic E-state index is 0.0179. The van der Waals surface area contributed by atoms with Crippen molar-refractivity contribution in [2.24, 2.45) is 0 Å². The molecule has 0 atom stereocenters. The van der Waals surface area contributed by atoms with Gasteiger partial charge in [0.1, 0.15) is 5.75 Å². The first-order valence-corrected chi connectivity index (χ1v) is 6.42. The molecular weight excluding hydrogens is 304 g/mol. The van der Waals surface area contributed by atoms with Crippen molar-refractivity contribution in [3.05, 3.63) is 29.5 Å². The van der Waals surface area contributed by atoms with Crippen LogP contribution in [0.1, 0.15) is 6.92 Å². The van der Waals surface area contributed by atoms with E-state index in [0.717, 1.165) is 0 Å². The summed E-state index contributed by atoms with van der Waals surface area (Å²) in [6, 6.07) is 6.20. The predicted octanol–water partition coefficient (Wildman–Crippen LogP) is 3.30. The Morgan fingerprint density at radius 3 is 2.62 bits per heavy atom. The van der Waals surface area contributed by atoms with Crippen LogP contribution in [0.5, 0.6) is 5.75 Å². The summed E-state index contributed by atoms with van der Waals surface area (Å²) in [5, 5.41) is 5.64. The quantitative estimate of drug-likeness (QED) is 0.852. The highest BCUT2D eigenvalue weighted by Gasteiger charge is 2.11. The maximum atomic E-state index is 12.3. The van der Waals surface area contributed by atoms with Gasteiger partial charge in [-0.3, -0.25) is 0 Å². The predicted molar refractivity (Wildman–Crippen MR) is 75.4 cm³/mol. The fourth-order valence-electron chi connectivity index (χ4n) is 1.53. The number of para-hydroxylation sites is 2. The average Bonchev–Trinajstić information content (AvgIpc) is 2.40. The molecule has 0 saturated heterocycles. The molecular formula is C12H12ClF2N5O. The van der Waals surface area contributed by atoms with Crippen LogP contribution in [0.2, 0.25) is 5.28 Å². The van der Waals surface area contributed by atoms with E-state index < -0.39 is 6.61 Å². The zero-order valence-corrected chi connectivity index (χ0v) is 11.7. The second-order valence-corrected chi connectivity index (χ2v) is 4.12. The summed E-state index contributed by atoms with van der Waals surface area (Å²) < 4.78 is 29.1. The van der Waals surface area contributed by atoms with Gasteiger partial charge in [0.05, 0.1) is 5.69 Å². The Hall–Kier alpha value is -2.22. The number of benzene rings is 1. The first kappa shape index (κ1) is 15.2. The number of hydrogen-bond acceptors (Lipinski definition) is 6. The van der Waals surface area contributed by atoms with Gasteiger partial charge < -0.3 is 15.4 Å². The van der Waals surface area contributed by atoms with E-state index in [1.54, 1.807) is 18.2 Å². The van der Waals surface area contributed by atoms with E-state index in [4.69, 9.17) is 11.6 Å². The van der Waals surface area contributed by atoms with Crippen molar-refractivity contribution < 1.29 is 13.5 Å². The summed E-state index contributed by atoms with van der Waals surface area (Å²) in [4.78, 5) is 11.8. The standard InChI is InChI=1S/C12H12ClF2N5O/c1-2-16-11-18-9(13)19-12(20-11)17-7-5-3-4-6-8(7)21-10(14)15/h3-6,10H,2H2,1H3,(H2,16,17,18,19,20). The van der Waals surface area contributed by atoms with Crippen LogP contribution in [0.25, 0.3) is 0 Å². The highest BCUT2D eigenvalue weighted by atomic mass is 35.5. The number of hydrogen-bond donors (Lipinski definition) is 2. The number of rotatable bonds is 6. The van der Waals surface area contributed by atoms with Gasteiger partial charge in [0.15, 0.2) is 0 Å². The molecule has 21 heavy (non-hydrogen) atoms. The van der Waals surface area contributed by atoms with Crippen molar-refractivity contribution >= 4 is 29.2 Å². The molecule has 0 radical (unpaired) electrons. The van der Waals surface area contributed by atoms with E-state index in [0.29, 0.717) is 12.2 Å². The van der Waals surface area contributed by atoms with Crippen molar-refractivity contribution in [1.82, 2.24) is 15.0 Å². The SMILES string of the molecule is CCNc1nc(Cl)nc(Nc2ccccc2OC(F)F)n1. The molecule has 1 aromatic heterocycles. The average molecular weight is 316 g/mol. The maximum absolute atomic E-state index is 12.3. The normalized spacial score (nSPS) is 10.5. The molecule has 112 valence electrons. The van der Waals surface area contributed by atoms with Crippen molar-refractivity contribution in [2.45, 2.75) is 13.5 Å². The Kier molecular flexibility index (Phi) is 5.04. The van der Waals surface area contributed by atoms with E-state index in [1.807, 2.05) is 6.92 Å². The van der Waals surface area contributed by atoms with E-state index in [1.165, 1.54) is 6.07 Å². The lowest BCUT2D eigenvalue weighted by molar-refractivity contribution is -0.0493. The largest absolute Gasteiger partial charge is 0.433 e. The minimum Gasteiger partial charge on any atom is -0.433 e. The zero-order chi connectivity index (χ0) is 15.2. The Morgan fingerprint density at radius 2 is 1.90 bits per heavy atom. The summed E-state index contributed by atoms with van der Waals surface area (Å²) >= 11 is 5.78. The molecule has 0 bridgehead atoms.